The maximum Gasteiger partial charge on any atom is 0.488 e. The predicted molar refractivity (Wildman–Crippen MR) is 63.5 cm³/mol. The SMILES string of the molecule is OB(O)c1cccc(COCc2ccco2)c1. The number of benzene rings is 1. The molecule has 0 saturated heterocycles. The van der Waals surface area contributed by atoms with E-state index in [1.165, 1.54) is 0 Å². The van der Waals surface area contributed by atoms with E-state index in [1.807, 2.05) is 12.1 Å². The number of ether oxygens (including phenoxy) is 1. The van der Waals surface area contributed by atoms with Gasteiger partial charge in [0.25, 0.3) is 0 Å². The topological polar surface area (TPSA) is 62.8 Å². The molecule has 17 heavy (non-hydrogen) atoms. The summed E-state index contributed by atoms with van der Waals surface area (Å²) in [5, 5.41) is 18.0. The third kappa shape index (κ3) is 3.46. The Labute approximate surface area is 99.6 Å². The molecular weight excluding hydrogens is 219 g/mol. The summed E-state index contributed by atoms with van der Waals surface area (Å²) in [6.45, 7) is 0.806. The van der Waals surface area contributed by atoms with Crippen LogP contribution in [0.5, 0.6) is 0 Å². The van der Waals surface area contributed by atoms with Crippen LogP contribution in [-0.2, 0) is 18.0 Å². The maximum atomic E-state index is 9.02. The molecule has 0 aliphatic carbocycles. The molecule has 0 saturated carbocycles. The number of hydrogen-bond acceptors (Lipinski definition) is 4. The van der Waals surface area contributed by atoms with Crippen LogP contribution >= 0.6 is 0 Å². The fraction of sp³-hybridized carbons (Fsp3) is 0.167. The van der Waals surface area contributed by atoms with Gasteiger partial charge in [-0.15, -0.1) is 0 Å². The number of furan rings is 1. The van der Waals surface area contributed by atoms with Crippen LogP contribution in [0.15, 0.2) is 47.1 Å². The molecule has 0 spiro atoms. The molecule has 0 fully saturated rings. The lowest BCUT2D eigenvalue weighted by Gasteiger charge is -2.05. The largest absolute Gasteiger partial charge is 0.488 e. The zero-order valence-corrected chi connectivity index (χ0v) is 9.24. The lowest BCUT2D eigenvalue weighted by Crippen LogP contribution is -2.29. The smallest absolute Gasteiger partial charge is 0.467 e. The molecule has 2 N–H and O–H groups in total. The summed E-state index contributed by atoms with van der Waals surface area (Å²) in [4.78, 5) is 0. The number of rotatable bonds is 5. The highest BCUT2D eigenvalue weighted by Gasteiger charge is 2.10. The van der Waals surface area contributed by atoms with Crippen molar-refractivity contribution in [1.82, 2.24) is 0 Å². The summed E-state index contributed by atoms with van der Waals surface area (Å²) < 4.78 is 10.6. The van der Waals surface area contributed by atoms with Gasteiger partial charge in [-0.1, -0.05) is 24.3 Å². The van der Waals surface area contributed by atoms with E-state index < -0.39 is 7.12 Å². The lowest BCUT2D eigenvalue weighted by atomic mass is 9.80. The summed E-state index contributed by atoms with van der Waals surface area (Å²) in [6, 6.07) is 10.6. The Morgan fingerprint density at radius 3 is 2.71 bits per heavy atom. The van der Waals surface area contributed by atoms with E-state index in [4.69, 9.17) is 19.2 Å². The quantitative estimate of drug-likeness (QED) is 0.744. The molecule has 0 amide bonds. The van der Waals surface area contributed by atoms with Gasteiger partial charge in [0, 0.05) is 0 Å². The molecule has 0 aliphatic rings. The summed E-state index contributed by atoms with van der Waals surface area (Å²) in [7, 11) is -1.44. The van der Waals surface area contributed by atoms with Crippen LogP contribution in [0.3, 0.4) is 0 Å². The number of hydrogen-bond donors (Lipinski definition) is 2. The lowest BCUT2D eigenvalue weighted by molar-refractivity contribution is 0.0930. The molecule has 0 atom stereocenters. The van der Waals surface area contributed by atoms with Gasteiger partial charge in [-0.2, -0.15) is 0 Å². The zero-order valence-electron chi connectivity index (χ0n) is 9.24. The van der Waals surface area contributed by atoms with Gasteiger partial charge in [-0.3, -0.25) is 0 Å². The second kappa shape index (κ2) is 5.68. The second-order valence-electron chi connectivity index (χ2n) is 3.69. The monoisotopic (exact) mass is 232 g/mol. The molecule has 2 aromatic rings. The van der Waals surface area contributed by atoms with Crippen LogP contribution in [0.2, 0.25) is 0 Å². The van der Waals surface area contributed by atoms with Crippen molar-refractivity contribution in [2.75, 3.05) is 0 Å². The van der Waals surface area contributed by atoms with Gasteiger partial charge in [-0.05, 0) is 23.2 Å². The first kappa shape index (κ1) is 11.9. The van der Waals surface area contributed by atoms with Crippen molar-refractivity contribution < 1.29 is 19.2 Å². The molecule has 5 heteroatoms. The predicted octanol–water partition coefficient (Wildman–Crippen LogP) is 0.676. The van der Waals surface area contributed by atoms with Crippen LogP contribution < -0.4 is 5.46 Å². The maximum absolute atomic E-state index is 9.02. The minimum atomic E-state index is -1.44. The van der Waals surface area contributed by atoms with Gasteiger partial charge < -0.3 is 19.2 Å². The molecule has 4 nitrogen and oxygen atoms in total. The fourth-order valence-corrected chi connectivity index (χ4v) is 1.51. The molecular formula is C12H13BO4. The van der Waals surface area contributed by atoms with Crippen molar-refractivity contribution in [2.24, 2.45) is 0 Å². The van der Waals surface area contributed by atoms with Crippen molar-refractivity contribution in [2.45, 2.75) is 13.2 Å². The van der Waals surface area contributed by atoms with E-state index in [0.29, 0.717) is 18.7 Å². The highest BCUT2D eigenvalue weighted by molar-refractivity contribution is 6.58. The third-order valence-electron chi connectivity index (χ3n) is 2.34. The van der Waals surface area contributed by atoms with Crippen molar-refractivity contribution in [3.63, 3.8) is 0 Å². The fourth-order valence-electron chi connectivity index (χ4n) is 1.51. The molecule has 2 rings (SSSR count). The van der Waals surface area contributed by atoms with E-state index in [1.54, 1.807) is 30.5 Å². The molecule has 0 unspecified atom stereocenters. The van der Waals surface area contributed by atoms with Gasteiger partial charge in [-0.25, -0.2) is 0 Å². The summed E-state index contributed by atoms with van der Waals surface area (Å²) >= 11 is 0. The molecule has 0 aliphatic heterocycles. The summed E-state index contributed by atoms with van der Waals surface area (Å²) in [5.41, 5.74) is 1.35. The molecule has 0 bridgehead atoms. The highest BCUT2D eigenvalue weighted by Crippen LogP contribution is 2.05. The van der Waals surface area contributed by atoms with Gasteiger partial charge in [0.15, 0.2) is 0 Å². The minimum Gasteiger partial charge on any atom is -0.467 e. The minimum absolute atomic E-state index is 0.402. The molecule has 0 radical (unpaired) electrons. The second-order valence-corrected chi connectivity index (χ2v) is 3.69. The highest BCUT2D eigenvalue weighted by atomic mass is 16.5. The molecule has 1 aromatic heterocycles. The van der Waals surface area contributed by atoms with E-state index in [9.17, 15) is 0 Å². The Balaban J connectivity index is 1.88. The van der Waals surface area contributed by atoms with Crippen LogP contribution in [-0.4, -0.2) is 17.2 Å². The average Bonchev–Trinajstić information content (AvgIpc) is 2.82. The van der Waals surface area contributed by atoms with Gasteiger partial charge in [0.2, 0.25) is 0 Å². The van der Waals surface area contributed by atoms with Crippen molar-refractivity contribution >= 4 is 12.6 Å². The zero-order chi connectivity index (χ0) is 12.1. The average molecular weight is 232 g/mol. The molecule has 1 heterocycles. The normalized spacial score (nSPS) is 10.5. The Hall–Kier alpha value is -1.56. The van der Waals surface area contributed by atoms with Crippen LogP contribution in [0.1, 0.15) is 11.3 Å². The first-order valence-corrected chi connectivity index (χ1v) is 5.31. The van der Waals surface area contributed by atoms with Crippen LogP contribution in [0.4, 0.5) is 0 Å². The van der Waals surface area contributed by atoms with E-state index >= 15 is 0 Å². The van der Waals surface area contributed by atoms with E-state index in [2.05, 4.69) is 0 Å². The Bertz CT molecular complexity index is 453. The Kier molecular flexibility index (Phi) is 3.98. The van der Waals surface area contributed by atoms with Crippen molar-refractivity contribution in [3.8, 4) is 0 Å². The van der Waals surface area contributed by atoms with E-state index in [-0.39, 0.29) is 0 Å². The first-order chi connectivity index (χ1) is 8.25. The molecule has 1 aromatic carbocycles. The van der Waals surface area contributed by atoms with Crippen molar-refractivity contribution in [3.05, 3.63) is 54.0 Å². The van der Waals surface area contributed by atoms with Gasteiger partial charge in [0.1, 0.15) is 12.4 Å². The van der Waals surface area contributed by atoms with E-state index in [0.717, 1.165) is 11.3 Å². The van der Waals surface area contributed by atoms with Crippen molar-refractivity contribution in [1.29, 1.82) is 0 Å². The van der Waals surface area contributed by atoms with Gasteiger partial charge in [0.05, 0.1) is 12.9 Å². The Morgan fingerprint density at radius 2 is 2.00 bits per heavy atom. The van der Waals surface area contributed by atoms with Crippen LogP contribution in [0.25, 0.3) is 0 Å². The van der Waals surface area contributed by atoms with Crippen LogP contribution in [0, 0.1) is 0 Å². The third-order valence-corrected chi connectivity index (χ3v) is 2.34. The summed E-state index contributed by atoms with van der Waals surface area (Å²) in [5.74, 6) is 0.767. The first-order valence-electron chi connectivity index (χ1n) is 5.31. The molecule has 88 valence electrons. The standard InChI is InChI=1S/C12H13BO4/c14-13(15)11-4-1-3-10(7-11)8-16-9-12-5-2-6-17-12/h1-7,14-15H,8-9H2. The summed E-state index contributed by atoms with van der Waals surface area (Å²) in [6.07, 6.45) is 1.60. The van der Waals surface area contributed by atoms with Gasteiger partial charge >= 0.3 is 7.12 Å². The Morgan fingerprint density at radius 1 is 1.12 bits per heavy atom.